The molecule has 3 nitrogen and oxygen atoms in total. The number of hydrogen-bond donors (Lipinski definition) is 0. The molecule has 2 aromatic rings. The molecule has 1 aliphatic heterocycles. The summed E-state index contributed by atoms with van der Waals surface area (Å²) in [5.74, 6) is -0.146. The van der Waals surface area contributed by atoms with E-state index in [2.05, 4.69) is 0 Å². The number of benzene rings is 2. The van der Waals surface area contributed by atoms with Crippen LogP contribution in [0.15, 0.2) is 54.6 Å². The van der Waals surface area contributed by atoms with Crippen LogP contribution in [0.25, 0.3) is 0 Å². The highest BCUT2D eigenvalue weighted by Gasteiger charge is 2.31. The van der Waals surface area contributed by atoms with Crippen molar-refractivity contribution >= 4 is 5.91 Å². The second-order valence-electron chi connectivity index (χ2n) is 6.39. The summed E-state index contributed by atoms with van der Waals surface area (Å²) in [5, 5.41) is 0. The second-order valence-corrected chi connectivity index (χ2v) is 6.39. The number of nitrogens with zero attached hydrogens (tertiary/aromatic N) is 1. The van der Waals surface area contributed by atoms with Crippen LogP contribution in [0, 0.1) is 0 Å². The van der Waals surface area contributed by atoms with Gasteiger partial charge in [-0.2, -0.15) is 13.2 Å². The molecule has 0 saturated carbocycles. The standard InChI is InChI=1S/C20H20F3NO2/c21-20(22,23)16-8-4-10-18(13-16)26-14-19(25)24-11-5-9-17(24)12-15-6-2-1-3-7-15/h1-4,6-8,10,13,17H,5,9,11-12,14H2. The van der Waals surface area contributed by atoms with Crippen molar-refractivity contribution in [2.75, 3.05) is 13.2 Å². The Balaban J connectivity index is 1.59. The van der Waals surface area contributed by atoms with E-state index in [9.17, 15) is 18.0 Å². The van der Waals surface area contributed by atoms with Crippen LogP contribution in [-0.2, 0) is 17.4 Å². The molecule has 0 aromatic heterocycles. The molecule has 2 aromatic carbocycles. The molecular formula is C20H20F3NO2. The predicted molar refractivity (Wildman–Crippen MR) is 91.8 cm³/mol. The number of likely N-dealkylation sites (tertiary alicyclic amines) is 1. The Kier molecular flexibility index (Phi) is 5.49. The fraction of sp³-hybridized carbons (Fsp3) is 0.350. The summed E-state index contributed by atoms with van der Waals surface area (Å²) in [6, 6.07) is 14.6. The van der Waals surface area contributed by atoms with Crippen molar-refractivity contribution in [2.24, 2.45) is 0 Å². The van der Waals surface area contributed by atoms with E-state index < -0.39 is 11.7 Å². The fourth-order valence-electron chi connectivity index (χ4n) is 3.25. The minimum Gasteiger partial charge on any atom is -0.484 e. The lowest BCUT2D eigenvalue weighted by Gasteiger charge is -2.25. The van der Waals surface area contributed by atoms with E-state index >= 15 is 0 Å². The molecule has 1 unspecified atom stereocenters. The van der Waals surface area contributed by atoms with Gasteiger partial charge in [0.05, 0.1) is 5.56 Å². The summed E-state index contributed by atoms with van der Waals surface area (Å²) in [4.78, 5) is 14.3. The number of hydrogen-bond acceptors (Lipinski definition) is 2. The third-order valence-corrected chi connectivity index (χ3v) is 4.54. The number of ether oxygens (including phenoxy) is 1. The first-order valence-corrected chi connectivity index (χ1v) is 8.57. The van der Waals surface area contributed by atoms with Gasteiger partial charge >= 0.3 is 6.18 Å². The highest BCUT2D eigenvalue weighted by atomic mass is 19.4. The molecule has 26 heavy (non-hydrogen) atoms. The summed E-state index contributed by atoms with van der Waals surface area (Å²) in [7, 11) is 0. The predicted octanol–water partition coefficient (Wildman–Crippen LogP) is 4.32. The monoisotopic (exact) mass is 363 g/mol. The molecular weight excluding hydrogens is 343 g/mol. The van der Waals surface area contributed by atoms with Gasteiger partial charge in [-0.15, -0.1) is 0 Å². The van der Waals surface area contributed by atoms with Gasteiger partial charge < -0.3 is 9.64 Å². The first kappa shape index (κ1) is 18.3. The molecule has 1 heterocycles. The number of carbonyl (C=O) groups excluding carboxylic acids is 1. The normalized spacial score (nSPS) is 17.3. The zero-order chi connectivity index (χ0) is 18.6. The first-order chi connectivity index (χ1) is 12.4. The Morgan fingerprint density at radius 3 is 2.62 bits per heavy atom. The lowest BCUT2D eigenvalue weighted by atomic mass is 10.0. The van der Waals surface area contributed by atoms with Crippen LogP contribution in [0.4, 0.5) is 13.2 Å². The highest BCUT2D eigenvalue weighted by Crippen LogP contribution is 2.31. The van der Waals surface area contributed by atoms with E-state index in [1.807, 2.05) is 30.3 Å². The van der Waals surface area contributed by atoms with Crippen molar-refractivity contribution in [2.45, 2.75) is 31.5 Å². The van der Waals surface area contributed by atoms with E-state index in [0.29, 0.717) is 6.54 Å². The third kappa shape index (κ3) is 4.56. The van der Waals surface area contributed by atoms with Gasteiger partial charge in [-0.25, -0.2) is 0 Å². The molecule has 1 aliphatic rings. The average Bonchev–Trinajstić information content (AvgIpc) is 3.08. The molecule has 0 bridgehead atoms. The number of rotatable bonds is 5. The Morgan fingerprint density at radius 1 is 1.12 bits per heavy atom. The summed E-state index contributed by atoms with van der Waals surface area (Å²) >= 11 is 0. The summed E-state index contributed by atoms with van der Waals surface area (Å²) in [6.07, 6.45) is -1.81. The molecule has 1 fully saturated rings. The molecule has 3 rings (SSSR count). The lowest BCUT2D eigenvalue weighted by Crippen LogP contribution is -2.39. The lowest BCUT2D eigenvalue weighted by molar-refractivity contribution is -0.137. The van der Waals surface area contributed by atoms with Crippen LogP contribution in [0.1, 0.15) is 24.0 Å². The number of carbonyl (C=O) groups is 1. The van der Waals surface area contributed by atoms with Gasteiger partial charge in [-0.1, -0.05) is 36.4 Å². The zero-order valence-corrected chi connectivity index (χ0v) is 14.2. The van der Waals surface area contributed by atoms with Crippen LogP contribution >= 0.6 is 0 Å². The minimum atomic E-state index is -4.43. The SMILES string of the molecule is O=C(COc1cccc(C(F)(F)F)c1)N1CCCC1Cc1ccccc1. The third-order valence-electron chi connectivity index (χ3n) is 4.54. The van der Waals surface area contributed by atoms with Crippen LogP contribution in [-0.4, -0.2) is 30.0 Å². The van der Waals surface area contributed by atoms with Gasteiger partial charge in [-0.3, -0.25) is 4.79 Å². The first-order valence-electron chi connectivity index (χ1n) is 8.57. The van der Waals surface area contributed by atoms with Crippen LogP contribution < -0.4 is 4.74 Å². The topological polar surface area (TPSA) is 29.5 Å². The smallest absolute Gasteiger partial charge is 0.416 e. The van der Waals surface area contributed by atoms with Gasteiger partial charge in [0, 0.05) is 12.6 Å². The molecule has 0 radical (unpaired) electrons. The molecule has 1 saturated heterocycles. The number of amides is 1. The minimum absolute atomic E-state index is 0.0481. The quantitative estimate of drug-likeness (QED) is 0.792. The molecule has 138 valence electrons. The van der Waals surface area contributed by atoms with Crippen molar-refractivity contribution in [1.82, 2.24) is 4.90 Å². The largest absolute Gasteiger partial charge is 0.484 e. The maximum absolute atomic E-state index is 12.7. The molecule has 0 spiro atoms. The summed E-state index contributed by atoms with van der Waals surface area (Å²) in [5.41, 5.74) is 0.376. The van der Waals surface area contributed by atoms with Gasteiger partial charge in [-0.05, 0) is 43.0 Å². The number of halogens is 3. The molecule has 1 atom stereocenters. The van der Waals surface area contributed by atoms with Crippen molar-refractivity contribution in [3.8, 4) is 5.75 Å². The van der Waals surface area contributed by atoms with Crippen LogP contribution in [0.5, 0.6) is 5.75 Å². The Morgan fingerprint density at radius 2 is 1.88 bits per heavy atom. The molecule has 1 amide bonds. The van der Waals surface area contributed by atoms with Gasteiger partial charge in [0.25, 0.3) is 5.91 Å². The van der Waals surface area contributed by atoms with Gasteiger partial charge in [0.1, 0.15) is 5.75 Å². The number of alkyl halides is 3. The zero-order valence-electron chi connectivity index (χ0n) is 14.2. The Hall–Kier alpha value is -2.50. The van der Waals surface area contributed by atoms with E-state index in [0.717, 1.165) is 37.0 Å². The second kappa shape index (κ2) is 7.81. The van der Waals surface area contributed by atoms with E-state index in [1.54, 1.807) is 4.90 Å². The maximum Gasteiger partial charge on any atom is 0.416 e. The van der Waals surface area contributed by atoms with E-state index in [4.69, 9.17) is 4.74 Å². The fourth-order valence-corrected chi connectivity index (χ4v) is 3.25. The van der Waals surface area contributed by atoms with E-state index in [-0.39, 0.29) is 24.3 Å². The van der Waals surface area contributed by atoms with E-state index in [1.165, 1.54) is 12.1 Å². The van der Waals surface area contributed by atoms with Crippen molar-refractivity contribution in [3.63, 3.8) is 0 Å². The van der Waals surface area contributed by atoms with Crippen molar-refractivity contribution in [1.29, 1.82) is 0 Å². The van der Waals surface area contributed by atoms with Crippen molar-refractivity contribution < 1.29 is 22.7 Å². The Bertz CT molecular complexity index is 746. The molecule has 6 heteroatoms. The van der Waals surface area contributed by atoms with Gasteiger partial charge in [0.2, 0.25) is 0 Å². The average molecular weight is 363 g/mol. The van der Waals surface area contributed by atoms with Crippen LogP contribution in [0.3, 0.4) is 0 Å². The van der Waals surface area contributed by atoms with Crippen LogP contribution in [0.2, 0.25) is 0 Å². The summed E-state index contributed by atoms with van der Waals surface area (Å²) < 4.78 is 43.5. The maximum atomic E-state index is 12.7. The van der Waals surface area contributed by atoms with Crippen molar-refractivity contribution in [3.05, 3.63) is 65.7 Å². The molecule has 0 N–H and O–H groups in total. The summed E-state index contributed by atoms with van der Waals surface area (Å²) in [6.45, 7) is 0.398. The Labute approximate surface area is 150 Å². The highest BCUT2D eigenvalue weighted by molar-refractivity contribution is 5.78. The van der Waals surface area contributed by atoms with Gasteiger partial charge in [0.15, 0.2) is 6.61 Å². The molecule has 0 aliphatic carbocycles.